The molecule has 1 atom stereocenters. The normalized spacial score (nSPS) is 16.7. The summed E-state index contributed by atoms with van der Waals surface area (Å²) in [6.07, 6.45) is 3.53. The highest BCUT2D eigenvalue weighted by atomic mass is 19.1. The van der Waals surface area contributed by atoms with Crippen LogP contribution in [0.15, 0.2) is 18.2 Å². The fourth-order valence-corrected chi connectivity index (χ4v) is 3.49. The summed E-state index contributed by atoms with van der Waals surface area (Å²) in [5.41, 5.74) is -0.881. The summed E-state index contributed by atoms with van der Waals surface area (Å²) in [5.74, 6) is -3.43. The molecule has 0 aromatic heterocycles. The van der Waals surface area contributed by atoms with Crippen molar-refractivity contribution in [3.63, 3.8) is 0 Å². The molecule has 1 unspecified atom stereocenters. The SMILES string of the molecule is CC(C)C(NC(=O)c1c(F)cccc1F)C(=O)NCC(C)(C)N1CCCCC1. The van der Waals surface area contributed by atoms with Crippen LogP contribution in [-0.4, -0.2) is 47.9 Å². The maximum Gasteiger partial charge on any atom is 0.257 e. The van der Waals surface area contributed by atoms with Crippen LogP contribution in [0.4, 0.5) is 8.78 Å². The first-order chi connectivity index (χ1) is 13.1. The largest absolute Gasteiger partial charge is 0.352 e. The van der Waals surface area contributed by atoms with E-state index in [1.165, 1.54) is 12.5 Å². The average Bonchev–Trinajstić information content (AvgIpc) is 2.64. The predicted octanol–water partition coefficient (Wildman–Crippen LogP) is 3.10. The molecule has 5 nitrogen and oxygen atoms in total. The first-order valence-corrected chi connectivity index (χ1v) is 9.91. The van der Waals surface area contributed by atoms with Crippen LogP contribution in [0.2, 0.25) is 0 Å². The standard InChI is InChI=1S/C21H31F2N3O2/c1-14(2)18(25-19(27)17-15(22)9-8-10-16(17)23)20(28)24-13-21(3,4)26-11-6-5-7-12-26/h8-10,14,18H,5-7,11-13H2,1-4H3,(H,24,28)(H,25,27). The Bertz CT molecular complexity index is 681. The quantitative estimate of drug-likeness (QED) is 0.746. The van der Waals surface area contributed by atoms with E-state index in [1.54, 1.807) is 13.8 Å². The number of hydrogen-bond donors (Lipinski definition) is 2. The number of piperidine rings is 1. The number of rotatable bonds is 7. The Morgan fingerprint density at radius 1 is 1.11 bits per heavy atom. The van der Waals surface area contributed by atoms with Gasteiger partial charge in [0, 0.05) is 12.1 Å². The van der Waals surface area contributed by atoms with Crippen LogP contribution >= 0.6 is 0 Å². The highest BCUT2D eigenvalue weighted by Crippen LogP contribution is 2.20. The summed E-state index contributed by atoms with van der Waals surface area (Å²) in [4.78, 5) is 27.4. The third kappa shape index (κ3) is 5.50. The zero-order valence-electron chi connectivity index (χ0n) is 17.1. The van der Waals surface area contributed by atoms with E-state index in [-0.39, 0.29) is 17.4 Å². The van der Waals surface area contributed by atoms with Crippen molar-refractivity contribution in [1.29, 1.82) is 0 Å². The number of nitrogens with zero attached hydrogens (tertiary/aromatic N) is 1. The second kappa shape index (κ2) is 9.45. The van der Waals surface area contributed by atoms with Gasteiger partial charge >= 0.3 is 0 Å². The van der Waals surface area contributed by atoms with Crippen molar-refractivity contribution in [2.24, 2.45) is 5.92 Å². The van der Waals surface area contributed by atoms with Crippen molar-refractivity contribution in [3.8, 4) is 0 Å². The molecule has 2 rings (SSSR count). The van der Waals surface area contributed by atoms with Crippen LogP contribution in [0.5, 0.6) is 0 Å². The van der Waals surface area contributed by atoms with Gasteiger partial charge in [-0.2, -0.15) is 0 Å². The van der Waals surface area contributed by atoms with Gasteiger partial charge in [0.2, 0.25) is 5.91 Å². The number of benzene rings is 1. The number of halogens is 2. The molecule has 1 fully saturated rings. The van der Waals surface area contributed by atoms with Crippen LogP contribution in [0.3, 0.4) is 0 Å². The summed E-state index contributed by atoms with van der Waals surface area (Å²) in [5, 5.41) is 5.39. The maximum absolute atomic E-state index is 13.9. The van der Waals surface area contributed by atoms with Gasteiger partial charge in [-0.05, 0) is 57.8 Å². The van der Waals surface area contributed by atoms with Crippen LogP contribution < -0.4 is 10.6 Å². The minimum Gasteiger partial charge on any atom is -0.352 e. The number of likely N-dealkylation sites (tertiary alicyclic amines) is 1. The third-order valence-corrected chi connectivity index (χ3v) is 5.33. The van der Waals surface area contributed by atoms with Crippen molar-refractivity contribution in [2.45, 2.75) is 58.5 Å². The van der Waals surface area contributed by atoms with Crippen LogP contribution in [0.25, 0.3) is 0 Å². The molecule has 2 N–H and O–H groups in total. The first kappa shape index (κ1) is 22.3. The molecule has 0 spiro atoms. The molecule has 0 saturated carbocycles. The Morgan fingerprint density at radius 2 is 1.68 bits per heavy atom. The van der Waals surface area contributed by atoms with Gasteiger partial charge in [0.1, 0.15) is 23.2 Å². The molecule has 1 aliphatic rings. The van der Waals surface area contributed by atoms with E-state index in [1.807, 2.05) is 0 Å². The monoisotopic (exact) mass is 395 g/mol. The zero-order valence-corrected chi connectivity index (χ0v) is 17.1. The topological polar surface area (TPSA) is 61.4 Å². The van der Waals surface area contributed by atoms with Gasteiger partial charge < -0.3 is 10.6 Å². The van der Waals surface area contributed by atoms with Crippen molar-refractivity contribution in [2.75, 3.05) is 19.6 Å². The minimum atomic E-state index is -0.952. The van der Waals surface area contributed by atoms with Crippen LogP contribution in [-0.2, 0) is 4.79 Å². The predicted molar refractivity (Wildman–Crippen MR) is 105 cm³/mol. The second-order valence-corrected chi connectivity index (χ2v) is 8.37. The molecule has 1 aromatic rings. The summed E-state index contributed by atoms with van der Waals surface area (Å²) < 4.78 is 27.7. The van der Waals surface area contributed by atoms with Gasteiger partial charge in [0.05, 0.1) is 0 Å². The second-order valence-electron chi connectivity index (χ2n) is 8.37. The Labute approximate surface area is 165 Å². The van der Waals surface area contributed by atoms with Gasteiger partial charge in [0.25, 0.3) is 5.91 Å². The average molecular weight is 395 g/mol. The molecule has 28 heavy (non-hydrogen) atoms. The van der Waals surface area contributed by atoms with Gasteiger partial charge in [0.15, 0.2) is 0 Å². The molecule has 0 aliphatic carbocycles. The molecule has 0 radical (unpaired) electrons. The fraction of sp³-hybridized carbons (Fsp3) is 0.619. The summed E-state index contributed by atoms with van der Waals surface area (Å²) in [6.45, 7) is 10.1. The Kier molecular flexibility index (Phi) is 7.52. The fourth-order valence-electron chi connectivity index (χ4n) is 3.49. The molecule has 1 aromatic carbocycles. The van der Waals surface area contributed by atoms with E-state index in [2.05, 4.69) is 29.4 Å². The van der Waals surface area contributed by atoms with E-state index >= 15 is 0 Å². The lowest BCUT2D eigenvalue weighted by atomic mass is 9.97. The Balaban J connectivity index is 2.02. The van der Waals surface area contributed by atoms with Crippen molar-refractivity contribution < 1.29 is 18.4 Å². The summed E-state index contributed by atoms with van der Waals surface area (Å²) >= 11 is 0. The molecule has 2 amide bonds. The van der Waals surface area contributed by atoms with Gasteiger partial charge in [-0.15, -0.1) is 0 Å². The van der Waals surface area contributed by atoms with Gasteiger partial charge in [-0.1, -0.05) is 26.3 Å². The lowest BCUT2D eigenvalue weighted by Gasteiger charge is -2.41. The molecule has 1 saturated heterocycles. The van der Waals surface area contributed by atoms with Crippen molar-refractivity contribution in [1.82, 2.24) is 15.5 Å². The molecule has 1 heterocycles. The third-order valence-electron chi connectivity index (χ3n) is 5.33. The number of carbonyl (C=O) groups is 2. The van der Waals surface area contributed by atoms with E-state index in [9.17, 15) is 18.4 Å². The van der Waals surface area contributed by atoms with Crippen LogP contribution in [0, 0.1) is 17.6 Å². The molecule has 156 valence electrons. The summed E-state index contributed by atoms with van der Waals surface area (Å²) in [6, 6.07) is 2.34. The van der Waals surface area contributed by atoms with E-state index in [0.717, 1.165) is 38.1 Å². The highest BCUT2D eigenvalue weighted by molar-refractivity contribution is 5.98. The number of hydrogen-bond acceptors (Lipinski definition) is 3. The summed E-state index contributed by atoms with van der Waals surface area (Å²) in [7, 11) is 0. The number of amides is 2. The van der Waals surface area contributed by atoms with E-state index < -0.39 is 29.1 Å². The van der Waals surface area contributed by atoms with E-state index in [4.69, 9.17) is 0 Å². The van der Waals surface area contributed by atoms with Gasteiger partial charge in [-0.3, -0.25) is 14.5 Å². The molecule has 1 aliphatic heterocycles. The lowest BCUT2D eigenvalue weighted by molar-refractivity contribution is -0.124. The zero-order chi connectivity index (χ0) is 20.9. The van der Waals surface area contributed by atoms with Crippen LogP contribution in [0.1, 0.15) is 57.3 Å². The molecule has 7 heteroatoms. The Hall–Kier alpha value is -2.02. The maximum atomic E-state index is 13.9. The number of nitrogens with one attached hydrogen (secondary N) is 2. The minimum absolute atomic E-state index is 0.209. The smallest absolute Gasteiger partial charge is 0.257 e. The van der Waals surface area contributed by atoms with Crippen molar-refractivity contribution in [3.05, 3.63) is 35.4 Å². The Morgan fingerprint density at radius 3 is 2.21 bits per heavy atom. The molecule has 0 bridgehead atoms. The highest BCUT2D eigenvalue weighted by Gasteiger charge is 2.31. The molecular weight excluding hydrogens is 364 g/mol. The first-order valence-electron chi connectivity index (χ1n) is 9.91. The number of carbonyl (C=O) groups excluding carboxylic acids is 2. The molecular formula is C21H31F2N3O2. The lowest BCUT2D eigenvalue weighted by Crippen LogP contribution is -2.57. The van der Waals surface area contributed by atoms with Gasteiger partial charge in [-0.25, -0.2) is 8.78 Å². The van der Waals surface area contributed by atoms with Crippen molar-refractivity contribution >= 4 is 11.8 Å². The van der Waals surface area contributed by atoms with E-state index in [0.29, 0.717) is 6.54 Å².